The molecule has 0 radical (unpaired) electrons. The van der Waals surface area contributed by atoms with E-state index in [0.717, 1.165) is 11.3 Å². The number of carbonyl (C=O) groups is 2. The molecule has 134 valence electrons. The van der Waals surface area contributed by atoms with Gasteiger partial charge in [-0.1, -0.05) is 52.8 Å². The fourth-order valence-corrected chi connectivity index (χ4v) is 3.38. The molecular weight excluding hydrogens is 364 g/mol. The number of ether oxygens (including phenoxy) is 1. The van der Waals surface area contributed by atoms with Gasteiger partial charge < -0.3 is 10.1 Å². The van der Waals surface area contributed by atoms with Gasteiger partial charge in [0.25, 0.3) is 0 Å². The minimum Gasteiger partial charge on any atom is -0.444 e. The van der Waals surface area contributed by atoms with Crippen LogP contribution in [0.15, 0.2) is 30.3 Å². The van der Waals surface area contributed by atoms with Crippen LogP contribution in [-0.4, -0.2) is 41.8 Å². The molecule has 24 heavy (non-hydrogen) atoms. The van der Waals surface area contributed by atoms with E-state index in [1.165, 1.54) is 14.7 Å². The number of nitrogens with zero attached hydrogens (tertiary/aromatic N) is 1. The van der Waals surface area contributed by atoms with E-state index in [4.69, 9.17) is 4.74 Å². The fourth-order valence-electron chi connectivity index (χ4n) is 1.98. The van der Waals surface area contributed by atoms with Crippen molar-refractivity contribution in [2.75, 3.05) is 19.3 Å². The molecule has 8 heteroatoms. The number of hydrogen-bond acceptors (Lipinski definition) is 6. The topological polar surface area (TPSA) is 58.6 Å². The molecule has 5 nitrogen and oxygen atoms in total. The number of amides is 2. The van der Waals surface area contributed by atoms with Crippen LogP contribution in [0, 0.1) is 0 Å². The third kappa shape index (κ3) is 7.27. The highest BCUT2D eigenvalue weighted by Gasteiger charge is 2.31. The zero-order valence-corrected chi connectivity index (χ0v) is 16.8. The Morgan fingerprint density at radius 1 is 1.29 bits per heavy atom. The summed E-state index contributed by atoms with van der Waals surface area (Å²) in [5, 5.41) is 2.86. The number of thiol groups is 1. The Morgan fingerprint density at radius 3 is 2.46 bits per heavy atom. The average Bonchev–Trinajstić information content (AvgIpc) is 2.51. The predicted octanol–water partition coefficient (Wildman–Crippen LogP) is 3.94. The van der Waals surface area contributed by atoms with Crippen molar-refractivity contribution in [1.82, 2.24) is 10.2 Å². The van der Waals surface area contributed by atoms with Crippen molar-refractivity contribution in [3.05, 3.63) is 35.9 Å². The van der Waals surface area contributed by atoms with Gasteiger partial charge >= 0.3 is 6.09 Å². The first-order valence-corrected chi connectivity index (χ1v) is 10.8. The van der Waals surface area contributed by atoms with Crippen molar-refractivity contribution in [1.29, 1.82) is 0 Å². The molecule has 0 saturated heterocycles. The second kappa shape index (κ2) is 10.1. The molecular formula is C16H24N2O3S3. The lowest BCUT2D eigenvalue weighted by atomic mass is 10.1. The molecule has 0 aliphatic heterocycles. The smallest absolute Gasteiger partial charge is 0.410 e. The quantitative estimate of drug-likeness (QED) is 0.421. The van der Waals surface area contributed by atoms with E-state index in [2.05, 4.69) is 17.0 Å². The normalized spacial score (nSPS) is 12.4. The van der Waals surface area contributed by atoms with Crippen LogP contribution in [0.4, 0.5) is 4.79 Å². The van der Waals surface area contributed by atoms with E-state index in [1.54, 1.807) is 38.6 Å². The van der Waals surface area contributed by atoms with Gasteiger partial charge in [0.05, 0.1) is 0 Å². The molecule has 0 aromatic heterocycles. The van der Waals surface area contributed by atoms with Crippen molar-refractivity contribution >= 4 is 44.3 Å². The molecule has 1 N–H and O–H groups in total. The highest BCUT2D eigenvalue weighted by atomic mass is 33.5. The maximum Gasteiger partial charge on any atom is 0.410 e. The number of benzene rings is 1. The standard InChI is InChI=1S/C16H24N2O3S3/c1-16(2,3)21-15(20)18(4)13(12-8-6-5-7-9-12)14(19)17-10-11-23-24-22/h5-9,13,22H,10-11H2,1-4H3,(H,17,19). The summed E-state index contributed by atoms with van der Waals surface area (Å²) in [7, 11) is 4.47. The zero-order chi connectivity index (χ0) is 18.2. The molecule has 1 rings (SSSR count). The van der Waals surface area contributed by atoms with Gasteiger partial charge in [-0.15, -0.1) is 0 Å². The molecule has 0 aliphatic carbocycles. The molecule has 0 spiro atoms. The molecule has 0 aliphatic rings. The summed E-state index contributed by atoms with van der Waals surface area (Å²) in [6.07, 6.45) is -0.535. The van der Waals surface area contributed by atoms with E-state index in [0.29, 0.717) is 6.54 Å². The molecule has 0 heterocycles. The number of nitrogens with one attached hydrogen (secondary N) is 1. The van der Waals surface area contributed by atoms with Gasteiger partial charge in [-0.2, -0.15) is 0 Å². The first-order chi connectivity index (χ1) is 11.3. The van der Waals surface area contributed by atoms with Gasteiger partial charge in [-0.25, -0.2) is 4.79 Å². The largest absolute Gasteiger partial charge is 0.444 e. The highest BCUT2D eigenvalue weighted by molar-refractivity contribution is 9.05. The maximum absolute atomic E-state index is 12.6. The van der Waals surface area contributed by atoms with E-state index >= 15 is 0 Å². The van der Waals surface area contributed by atoms with Crippen molar-refractivity contribution < 1.29 is 14.3 Å². The Bertz CT molecular complexity index is 535. The van der Waals surface area contributed by atoms with Gasteiger partial charge in [0, 0.05) is 19.3 Å². The molecule has 1 atom stereocenters. The first-order valence-electron chi connectivity index (χ1n) is 7.48. The van der Waals surface area contributed by atoms with Gasteiger partial charge in [0.15, 0.2) is 0 Å². The predicted molar refractivity (Wildman–Crippen MR) is 105 cm³/mol. The summed E-state index contributed by atoms with van der Waals surface area (Å²) in [5.74, 6) is 0.497. The Labute approximate surface area is 156 Å². The Balaban J connectivity index is 2.89. The molecule has 1 aromatic carbocycles. The number of likely N-dealkylation sites (N-methyl/N-ethyl adjacent to an activating group) is 1. The van der Waals surface area contributed by atoms with Crippen LogP contribution in [0.5, 0.6) is 0 Å². The summed E-state index contributed by atoms with van der Waals surface area (Å²) in [6.45, 7) is 5.89. The number of rotatable bonds is 7. The zero-order valence-electron chi connectivity index (χ0n) is 14.3. The summed E-state index contributed by atoms with van der Waals surface area (Å²) < 4.78 is 5.38. The molecule has 0 saturated carbocycles. The minimum absolute atomic E-state index is 0.237. The van der Waals surface area contributed by atoms with Crippen LogP contribution >= 0.6 is 32.3 Å². The van der Waals surface area contributed by atoms with Gasteiger partial charge in [0.2, 0.25) is 5.91 Å². The van der Waals surface area contributed by atoms with E-state index in [1.807, 2.05) is 30.3 Å². The summed E-state index contributed by atoms with van der Waals surface area (Å²) in [4.78, 5) is 26.3. The Hall–Kier alpha value is -0.990. The lowest BCUT2D eigenvalue weighted by molar-refractivity contribution is -0.126. The number of carbonyl (C=O) groups excluding carboxylic acids is 2. The molecule has 1 unspecified atom stereocenters. The molecule has 2 amide bonds. The Morgan fingerprint density at radius 2 is 1.92 bits per heavy atom. The average molecular weight is 389 g/mol. The first kappa shape index (κ1) is 21.1. The van der Waals surface area contributed by atoms with Crippen LogP contribution in [-0.2, 0) is 9.53 Å². The van der Waals surface area contributed by atoms with Gasteiger partial charge in [0.1, 0.15) is 11.6 Å². The van der Waals surface area contributed by atoms with Crippen molar-refractivity contribution in [2.24, 2.45) is 0 Å². The summed E-state index contributed by atoms with van der Waals surface area (Å²) in [6, 6.07) is 8.45. The third-order valence-electron chi connectivity index (χ3n) is 2.97. The maximum atomic E-state index is 12.6. The molecule has 0 bridgehead atoms. The summed E-state index contributed by atoms with van der Waals surface area (Å²) >= 11 is 4.04. The van der Waals surface area contributed by atoms with Gasteiger partial charge in [-0.05, 0) is 36.2 Å². The number of hydrogen-bond donors (Lipinski definition) is 2. The van der Waals surface area contributed by atoms with Crippen LogP contribution < -0.4 is 5.32 Å². The lowest BCUT2D eigenvalue weighted by Gasteiger charge is -2.30. The van der Waals surface area contributed by atoms with Crippen LogP contribution in [0.1, 0.15) is 32.4 Å². The molecule has 1 aromatic rings. The monoisotopic (exact) mass is 388 g/mol. The second-order valence-corrected chi connectivity index (χ2v) is 9.38. The van der Waals surface area contributed by atoms with Gasteiger partial charge in [-0.3, -0.25) is 9.69 Å². The second-order valence-electron chi connectivity index (χ2n) is 6.09. The fraction of sp³-hybridized carbons (Fsp3) is 0.500. The lowest BCUT2D eigenvalue weighted by Crippen LogP contribution is -2.44. The van der Waals surface area contributed by atoms with E-state index < -0.39 is 17.7 Å². The van der Waals surface area contributed by atoms with Crippen molar-refractivity contribution in [2.45, 2.75) is 32.4 Å². The van der Waals surface area contributed by atoms with Crippen LogP contribution in [0.2, 0.25) is 0 Å². The van der Waals surface area contributed by atoms with E-state index in [-0.39, 0.29) is 5.91 Å². The van der Waals surface area contributed by atoms with Crippen molar-refractivity contribution in [3.8, 4) is 0 Å². The van der Waals surface area contributed by atoms with Crippen molar-refractivity contribution in [3.63, 3.8) is 0 Å². The molecule has 0 fully saturated rings. The third-order valence-corrected chi connectivity index (χ3v) is 5.21. The Kier molecular flexibility index (Phi) is 8.86. The minimum atomic E-state index is -0.741. The van der Waals surface area contributed by atoms with Crippen LogP contribution in [0.25, 0.3) is 0 Å². The van der Waals surface area contributed by atoms with E-state index in [9.17, 15) is 9.59 Å². The summed E-state index contributed by atoms with van der Waals surface area (Å²) in [5.41, 5.74) is 0.114. The highest BCUT2D eigenvalue weighted by Crippen LogP contribution is 2.24. The SMILES string of the molecule is CN(C(=O)OC(C)(C)C)C(C(=O)NCCSSS)c1ccccc1. The van der Waals surface area contributed by atoms with Crippen LogP contribution in [0.3, 0.4) is 0 Å².